The first-order valence-electron chi connectivity index (χ1n) is 5.50. The van der Waals surface area contributed by atoms with E-state index >= 15 is 0 Å². The molecule has 0 amide bonds. The first-order chi connectivity index (χ1) is 8.59. The van der Waals surface area contributed by atoms with Gasteiger partial charge in [0, 0.05) is 0 Å². The van der Waals surface area contributed by atoms with Crippen molar-refractivity contribution in [1.82, 2.24) is 0 Å². The van der Waals surface area contributed by atoms with Crippen molar-refractivity contribution >= 4 is 5.69 Å². The Morgan fingerprint density at radius 2 is 1.67 bits per heavy atom. The highest BCUT2D eigenvalue weighted by Crippen LogP contribution is 2.27. The van der Waals surface area contributed by atoms with E-state index in [2.05, 4.69) is 0 Å². The van der Waals surface area contributed by atoms with E-state index in [-0.39, 0.29) is 12.2 Å². The lowest BCUT2D eigenvalue weighted by molar-refractivity contribution is 0.292. The SMILES string of the molecule is Cc1cccc(N)c1OCc1c(F)cccc1F. The Hall–Kier alpha value is -2.10. The van der Waals surface area contributed by atoms with E-state index in [0.717, 1.165) is 5.56 Å². The summed E-state index contributed by atoms with van der Waals surface area (Å²) < 4.78 is 32.2. The Balaban J connectivity index is 2.22. The molecule has 18 heavy (non-hydrogen) atoms. The Bertz CT molecular complexity index is 478. The molecule has 0 unspecified atom stereocenters. The topological polar surface area (TPSA) is 35.2 Å². The van der Waals surface area contributed by atoms with Gasteiger partial charge in [-0.2, -0.15) is 0 Å². The minimum atomic E-state index is -0.623. The minimum Gasteiger partial charge on any atom is -0.486 e. The normalized spacial score (nSPS) is 10.4. The van der Waals surface area contributed by atoms with E-state index in [0.29, 0.717) is 11.4 Å². The molecule has 2 nitrogen and oxygen atoms in total. The van der Waals surface area contributed by atoms with Crippen LogP contribution in [0.5, 0.6) is 5.75 Å². The summed E-state index contributed by atoms with van der Waals surface area (Å²) in [6, 6.07) is 9.01. The van der Waals surface area contributed by atoms with Crippen LogP contribution in [0, 0.1) is 18.6 Å². The average Bonchev–Trinajstić information content (AvgIpc) is 2.31. The second-order valence-corrected chi connectivity index (χ2v) is 3.98. The summed E-state index contributed by atoms with van der Waals surface area (Å²) in [6.07, 6.45) is 0. The molecule has 0 fully saturated rings. The van der Waals surface area contributed by atoms with Gasteiger partial charge in [-0.1, -0.05) is 18.2 Å². The monoisotopic (exact) mass is 249 g/mol. The Kier molecular flexibility index (Phi) is 3.46. The van der Waals surface area contributed by atoms with Crippen LogP contribution in [0.25, 0.3) is 0 Å². The Morgan fingerprint density at radius 3 is 2.28 bits per heavy atom. The number of rotatable bonds is 3. The molecular formula is C14H13F2NO. The predicted octanol–water partition coefficient (Wildman–Crippen LogP) is 3.43. The highest BCUT2D eigenvalue weighted by molar-refractivity contribution is 5.56. The number of aryl methyl sites for hydroxylation is 1. The van der Waals surface area contributed by atoms with E-state index < -0.39 is 11.6 Å². The molecule has 2 rings (SSSR count). The zero-order chi connectivity index (χ0) is 13.1. The fourth-order valence-corrected chi connectivity index (χ4v) is 1.69. The van der Waals surface area contributed by atoms with Crippen molar-refractivity contribution in [3.8, 4) is 5.75 Å². The number of para-hydroxylation sites is 1. The van der Waals surface area contributed by atoms with Crippen LogP contribution in [0.4, 0.5) is 14.5 Å². The van der Waals surface area contributed by atoms with Crippen LogP contribution in [0.1, 0.15) is 11.1 Å². The lowest BCUT2D eigenvalue weighted by Crippen LogP contribution is -2.04. The van der Waals surface area contributed by atoms with Gasteiger partial charge in [0.15, 0.2) is 0 Å². The number of anilines is 1. The third kappa shape index (κ3) is 2.42. The van der Waals surface area contributed by atoms with E-state index in [9.17, 15) is 8.78 Å². The van der Waals surface area contributed by atoms with Crippen LogP contribution in [-0.4, -0.2) is 0 Å². The van der Waals surface area contributed by atoms with Crippen LogP contribution < -0.4 is 10.5 Å². The van der Waals surface area contributed by atoms with Gasteiger partial charge in [-0.25, -0.2) is 8.78 Å². The van der Waals surface area contributed by atoms with Gasteiger partial charge in [0.2, 0.25) is 0 Å². The van der Waals surface area contributed by atoms with Gasteiger partial charge in [-0.15, -0.1) is 0 Å². The number of nitrogens with two attached hydrogens (primary N) is 1. The van der Waals surface area contributed by atoms with Gasteiger partial charge >= 0.3 is 0 Å². The quantitative estimate of drug-likeness (QED) is 0.846. The zero-order valence-electron chi connectivity index (χ0n) is 9.91. The highest BCUT2D eigenvalue weighted by Gasteiger charge is 2.11. The molecule has 0 aliphatic heterocycles. The Labute approximate surface area is 104 Å². The molecule has 0 aliphatic rings. The molecule has 0 heterocycles. The first kappa shape index (κ1) is 12.4. The number of halogens is 2. The third-order valence-corrected chi connectivity index (χ3v) is 2.66. The van der Waals surface area contributed by atoms with Gasteiger partial charge in [0.05, 0.1) is 11.3 Å². The third-order valence-electron chi connectivity index (χ3n) is 2.66. The van der Waals surface area contributed by atoms with Crippen LogP contribution in [0.2, 0.25) is 0 Å². The lowest BCUT2D eigenvalue weighted by Gasteiger charge is -2.12. The summed E-state index contributed by atoms with van der Waals surface area (Å²) in [6.45, 7) is 1.64. The molecule has 2 aromatic carbocycles. The van der Waals surface area contributed by atoms with E-state index in [1.54, 1.807) is 12.1 Å². The van der Waals surface area contributed by atoms with Crippen LogP contribution >= 0.6 is 0 Å². The molecule has 0 radical (unpaired) electrons. The number of benzene rings is 2. The molecule has 0 aliphatic carbocycles. The molecular weight excluding hydrogens is 236 g/mol. The smallest absolute Gasteiger partial charge is 0.145 e. The molecule has 0 saturated heterocycles. The van der Waals surface area contributed by atoms with Crippen LogP contribution in [-0.2, 0) is 6.61 Å². The van der Waals surface area contributed by atoms with E-state index in [1.807, 2.05) is 13.0 Å². The summed E-state index contributed by atoms with van der Waals surface area (Å²) in [7, 11) is 0. The number of hydrogen-bond donors (Lipinski definition) is 1. The highest BCUT2D eigenvalue weighted by atomic mass is 19.1. The summed E-state index contributed by atoms with van der Waals surface area (Å²) in [4.78, 5) is 0. The maximum absolute atomic E-state index is 13.4. The van der Waals surface area contributed by atoms with Crippen molar-refractivity contribution in [3.05, 3.63) is 59.2 Å². The second-order valence-electron chi connectivity index (χ2n) is 3.98. The Morgan fingerprint density at radius 1 is 1.06 bits per heavy atom. The van der Waals surface area contributed by atoms with Crippen molar-refractivity contribution in [1.29, 1.82) is 0 Å². The van der Waals surface area contributed by atoms with Crippen molar-refractivity contribution in [2.75, 3.05) is 5.73 Å². The fraction of sp³-hybridized carbons (Fsp3) is 0.143. The van der Waals surface area contributed by atoms with Crippen molar-refractivity contribution < 1.29 is 13.5 Å². The molecule has 2 N–H and O–H groups in total. The van der Waals surface area contributed by atoms with Crippen LogP contribution in [0.3, 0.4) is 0 Å². The summed E-state index contributed by atoms with van der Waals surface area (Å²) in [5.41, 5.74) is 6.93. The molecule has 0 spiro atoms. The molecule has 94 valence electrons. The molecule has 2 aromatic rings. The first-order valence-corrected chi connectivity index (χ1v) is 5.50. The minimum absolute atomic E-state index is 0.0971. The molecule has 0 saturated carbocycles. The van der Waals surface area contributed by atoms with Gasteiger partial charge in [-0.05, 0) is 30.7 Å². The largest absolute Gasteiger partial charge is 0.486 e. The maximum Gasteiger partial charge on any atom is 0.145 e. The van der Waals surface area contributed by atoms with E-state index in [4.69, 9.17) is 10.5 Å². The van der Waals surface area contributed by atoms with Gasteiger partial charge in [0.25, 0.3) is 0 Å². The number of ether oxygens (including phenoxy) is 1. The predicted molar refractivity (Wildman–Crippen MR) is 66.3 cm³/mol. The maximum atomic E-state index is 13.4. The standard InChI is InChI=1S/C14H13F2NO/c1-9-4-2-7-13(17)14(9)18-8-10-11(15)5-3-6-12(10)16/h2-7H,8,17H2,1H3. The fourth-order valence-electron chi connectivity index (χ4n) is 1.69. The molecule has 4 heteroatoms. The molecule has 0 bridgehead atoms. The average molecular weight is 249 g/mol. The van der Waals surface area contributed by atoms with E-state index in [1.165, 1.54) is 18.2 Å². The molecule has 0 aromatic heterocycles. The summed E-state index contributed by atoms with van der Waals surface area (Å²) >= 11 is 0. The summed E-state index contributed by atoms with van der Waals surface area (Å²) in [5.74, 6) is -0.788. The van der Waals surface area contributed by atoms with Gasteiger partial charge in [0.1, 0.15) is 24.0 Å². The molecule has 0 atom stereocenters. The zero-order valence-corrected chi connectivity index (χ0v) is 9.91. The van der Waals surface area contributed by atoms with Gasteiger partial charge < -0.3 is 10.5 Å². The number of hydrogen-bond acceptors (Lipinski definition) is 2. The number of nitrogen functional groups attached to an aromatic ring is 1. The lowest BCUT2D eigenvalue weighted by atomic mass is 10.2. The van der Waals surface area contributed by atoms with Crippen molar-refractivity contribution in [2.24, 2.45) is 0 Å². The van der Waals surface area contributed by atoms with Gasteiger partial charge in [-0.3, -0.25) is 0 Å². The van der Waals surface area contributed by atoms with Crippen molar-refractivity contribution in [3.63, 3.8) is 0 Å². The van der Waals surface area contributed by atoms with Crippen LogP contribution in [0.15, 0.2) is 36.4 Å². The summed E-state index contributed by atoms with van der Waals surface area (Å²) in [5, 5.41) is 0. The van der Waals surface area contributed by atoms with Crippen molar-refractivity contribution in [2.45, 2.75) is 13.5 Å². The second kappa shape index (κ2) is 5.04.